The number of rotatable bonds is 6. The minimum atomic E-state index is 0.197. The summed E-state index contributed by atoms with van der Waals surface area (Å²) in [5.41, 5.74) is 3.21. The summed E-state index contributed by atoms with van der Waals surface area (Å²) in [4.78, 5) is 19.1. The fourth-order valence-corrected chi connectivity index (χ4v) is 3.79. The highest BCUT2D eigenvalue weighted by Crippen LogP contribution is 2.26. The van der Waals surface area contributed by atoms with Gasteiger partial charge in [-0.2, -0.15) is 10.1 Å². The van der Waals surface area contributed by atoms with E-state index in [2.05, 4.69) is 20.3 Å². The van der Waals surface area contributed by atoms with E-state index in [1.54, 1.807) is 6.20 Å². The van der Waals surface area contributed by atoms with Crippen LogP contribution < -0.4 is 0 Å². The summed E-state index contributed by atoms with van der Waals surface area (Å²) in [7, 11) is 0. The van der Waals surface area contributed by atoms with Gasteiger partial charge in [0.2, 0.25) is 17.6 Å². The van der Waals surface area contributed by atoms with Crippen molar-refractivity contribution >= 4 is 5.91 Å². The van der Waals surface area contributed by atoms with Crippen molar-refractivity contribution in [3.05, 3.63) is 53.7 Å². The molecule has 0 bridgehead atoms. The van der Waals surface area contributed by atoms with Crippen LogP contribution in [-0.2, 0) is 11.2 Å². The summed E-state index contributed by atoms with van der Waals surface area (Å²) >= 11 is 0. The monoisotopic (exact) mass is 379 g/mol. The molecule has 3 heterocycles. The Morgan fingerprint density at radius 3 is 3.04 bits per heavy atom. The Kier molecular flexibility index (Phi) is 5.50. The molecule has 7 heteroatoms. The van der Waals surface area contributed by atoms with Crippen molar-refractivity contribution in [2.24, 2.45) is 0 Å². The second-order valence-corrected chi connectivity index (χ2v) is 7.37. The van der Waals surface area contributed by atoms with Gasteiger partial charge in [-0.1, -0.05) is 29.4 Å². The van der Waals surface area contributed by atoms with E-state index in [0.29, 0.717) is 36.9 Å². The van der Waals surface area contributed by atoms with Gasteiger partial charge in [-0.15, -0.1) is 0 Å². The van der Waals surface area contributed by atoms with Gasteiger partial charge in [0.05, 0.1) is 0 Å². The highest BCUT2D eigenvalue weighted by Gasteiger charge is 2.25. The van der Waals surface area contributed by atoms with Crippen LogP contribution >= 0.6 is 0 Å². The zero-order chi connectivity index (χ0) is 19.3. The number of piperidine rings is 1. The first-order chi connectivity index (χ1) is 13.7. The van der Waals surface area contributed by atoms with Crippen LogP contribution in [0, 0.1) is 6.92 Å². The van der Waals surface area contributed by atoms with Crippen LogP contribution in [0.4, 0.5) is 0 Å². The number of H-pyrrole nitrogens is 1. The zero-order valence-electron chi connectivity index (χ0n) is 16.1. The zero-order valence-corrected chi connectivity index (χ0v) is 16.1. The number of benzene rings is 1. The van der Waals surface area contributed by atoms with Gasteiger partial charge in [0.25, 0.3) is 0 Å². The summed E-state index contributed by atoms with van der Waals surface area (Å²) in [5, 5.41) is 11.1. The minimum absolute atomic E-state index is 0.197. The Morgan fingerprint density at radius 1 is 1.32 bits per heavy atom. The minimum Gasteiger partial charge on any atom is -0.342 e. The molecule has 1 atom stereocenters. The van der Waals surface area contributed by atoms with Crippen molar-refractivity contribution in [2.75, 3.05) is 13.1 Å². The van der Waals surface area contributed by atoms with Gasteiger partial charge in [-0.05, 0) is 37.8 Å². The lowest BCUT2D eigenvalue weighted by atomic mass is 9.94. The molecule has 0 spiro atoms. The predicted octanol–water partition coefficient (Wildman–Crippen LogP) is 3.50. The molecule has 1 saturated heterocycles. The fraction of sp³-hybridized carbons (Fsp3) is 0.429. The standard InChI is InChI=1S/C21H25N5O2/c1-15-6-2-3-8-17(15)21-23-19(28-25-21)9-4-10-20(27)26-13-5-7-16(14-26)18-11-12-22-24-18/h2-3,6,8,11-12,16H,4-5,7,9-10,13-14H2,1H3,(H,22,24)/t16-/m1/s1. The predicted molar refractivity (Wildman–Crippen MR) is 105 cm³/mol. The van der Waals surface area contributed by atoms with E-state index >= 15 is 0 Å². The molecule has 3 aromatic rings. The first-order valence-corrected chi connectivity index (χ1v) is 9.86. The maximum atomic E-state index is 12.6. The van der Waals surface area contributed by atoms with Gasteiger partial charge in [0.15, 0.2) is 0 Å². The molecular formula is C21H25N5O2. The SMILES string of the molecule is Cc1ccccc1-c1noc(CCCC(=O)N2CCC[C@@H](c3ccn[nH]3)C2)n1. The van der Waals surface area contributed by atoms with E-state index in [1.807, 2.05) is 42.2 Å². The first-order valence-electron chi connectivity index (χ1n) is 9.86. The van der Waals surface area contributed by atoms with Crippen molar-refractivity contribution in [3.8, 4) is 11.4 Å². The number of hydrogen-bond acceptors (Lipinski definition) is 5. The number of aromatic nitrogens is 4. The topological polar surface area (TPSA) is 87.9 Å². The Bertz CT molecular complexity index is 919. The Labute approximate surface area is 164 Å². The lowest BCUT2D eigenvalue weighted by Crippen LogP contribution is -2.39. The van der Waals surface area contributed by atoms with E-state index in [-0.39, 0.29) is 5.91 Å². The van der Waals surface area contributed by atoms with Gasteiger partial charge in [0.1, 0.15) is 0 Å². The molecule has 1 fully saturated rings. The molecule has 2 aromatic heterocycles. The number of amides is 1. The van der Waals surface area contributed by atoms with Crippen LogP contribution in [0.15, 0.2) is 41.1 Å². The maximum Gasteiger partial charge on any atom is 0.226 e. The second-order valence-electron chi connectivity index (χ2n) is 7.37. The normalized spacial score (nSPS) is 17.0. The van der Waals surface area contributed by atoms with Gasteiger partial charge in [-0.25, -0.2) is 0 Å². The molecule has 1 N–H and O–H groups in total. The van der Waals surface area contributed by atoms with E-state index in [0.717, 1.165) is 42.8 Å². The number of likely N-dealkylation sites (tertiary alicyclic amines) is 1. The van der Waals surface area contributed by atoms with Gasteiger partial charge >= 0.3 is 0 Å². The van der Waals surface area contributed by atoms with Gasteiger partial charge in [-0.3, -0.25) is 9.89 Å². The average Bonchev–Trinajstić information content (AvgIpc) is 3.41. The molecule has 28 heavy (non-hydrogen) atoms. The molecule has 0 saturated carbocycles. The third kappa shape index (κ3) is 4.13. The van der Waals surface area contributed by atoms with E-state index in [9.17, 15) is 4.79 Å². The van der Waals surface area contributed by atoms with Crippen LogP contribution in [0.3, 0.4) is 0 Å². The van der Waals surface area contributed by atoms with Gasteiger partial charge < -0.3 is 9.42 Å². The molecule has 7 nitrogen and oxygen atoms in total. The van der Waals surface area contributed by atoms with E-state index in [4.69, 9.17) is 4.52 Å². The molecule has 1 amide bonds. The third-order valence-electron chi connectivity index (χ3n) is 5.37. The average molecular weight is 379 g/mol. The molecule has 0 aliphatic carbocycles. The smallest absolute Gasteiger partial charge is 0.226 e. The number of hydrogen-bond donors (Lipinski definition) is 1. The van der Waals surface area contributed by atoms with E-state index in [1.165, 1.54) is 0 Å². The molecular weight excluding hydrogens is 354 g/mol. The number of aromatic amines is 1. The summed E-state index contributed by atoms with van der Waals surface area (Å²) in [6.07, 6.45) is 5.71. The van der Waals surface area contributed by atoms with Crippen molar-refractivity contribution in [1.29, 1.82) is 0 Å². The van der Waals surface area contributed by atoms with Crippen LogP contribution in [0.2, 0.25) is 0 Å². The Morgan fingerprint density at radius 2 is 2.21 bits per heavy atom. The Hall–Kier alpha value is -2.96. The number of nitrogens with zero attached hydrogens (tertiary/aromatic N) is 4. The molecule has 4 rings (SSSR count). The third-order valence-corrected chi connectivity index (χ3v) is 5.37. The van der Waals surface area contributed by atoms with Crippen LogP contribution in [0.5, 0.6) is 0 Å². The quantitative estimate of drug-likeness (QED) is 0.708. The molecule has 1 aliphatic rings. The van der Waals surface area contributed by atoms with Crippen molar-refractivity contribution in [2.45, 2.75) is 44.9 Å². The summed E-state index contributed by atoms with van der Waals surface area (Å²) in [5.74, 6) is 1.74. The lowest BCUT2D eigenvalue weighted by Gasteiger charge is -2.32. The van der Waals surface area contributed by atoms with Crippen molar-refractivity contribution in [3.63, 3.8) is 0 Å². The van der Waals surface area contributed by atoms with Crippen LogP contribution in [-0.4, -0.2) is 44.2 Å². The van der Waals surface area contributed by atoms with Crippen molar-refractivity contribution in [1.82, 2.24) is 25.2 Å². The maximum absolute atomic E-state index is 12.6. The number of nitrogens with one attached hydrogen (secondary N) is 1. The lowest BCUT2D eigenvalue weighted by molar-refractivity contribution is -0.132. The molecule has 1 aromatic carbocycles. The second kappa shape index (κ2) is 8.37. The molecule has 146 valence electrons. The number of carbonyl (C=O) groups excluding carboxylic acids is 1. The van der Waals surface area contributed by atoms with Gasteiger partial charge in [0, 0.05) is 49.3 Å². The number of aryl methyl sites for hydroxylation is 2. The number of carbonyl (C=O) groups is 1. The summed E-state index contributed by atoms with van der Waals surface area (Å²) < 4.78 is 5.37. The summed E-state index contributed by atoms with van der Waals surface area (Å²) in [6.45, 7) is 3.62. The largest absolute Gasteiger partial charge is 0.342 e. The first kappa shape index (κ1) is 18.4. The van der Waals surface area contributed by atoms with Crippen molar-refractivity contribution < 1.29 is 9.32 Å². The van der Waals surface area contributed by atoms with Crippen LogP contribution in [0.25, 0.3) is 11.4 Å². The Balaban J connectivity index is 1.28. The molecule has 0 unspecified atom stereocenters. The van der Waals surface area contributed by atoms with E-state index < -0.39 is 0 Å². The highest BCUT2D eigenvalue weighted by molar-refractivity contribution is 5.76. The molecule has 0 radical (unpaired) electrons. The highest BCUT2D eigenvalue weighted by atomic mass is 16.5. The fourth-order valence-electron chi connectivity index (χ4n) is 3.79. The summed E-state index contributed by atoms with van der Waals surface area (Å²) in [6, 6.07) is 9.97. The molecule has 1 aliphatic heterocycles. The van der Waals surface area contributed by atoms with Crippen LogP contribution in [0.1, 0.15) is 48.7 Å².